The first-order valence-electron chi connectivity index (χ1n) is 6.06. The minimum Gasteiger partial charge on any atom is -0.337 e. The second kappa shape index (κ2) is 4.97. The zero-order valence-electron chi connectivity index (χ0n) is 10.5. The lowest BCUT2D eigenvalue weighted by molar-refractivity contribution is 0.176. The Kier molecular flexibility index (Phi) is 3.61. The van der Waals surface area contributed by atoms with Crippen molar-refractivity contribution in [2.75, 3.05) is 13.6 Å². The van der Waals surface area contributed by atoms with Gasteiger partial charge in [0.05, 0.1) is 6.54 Å². The van der Waals surface area contributed by atoms with E-state index in [4.69, 9.17) is 0 Å². The minimum absolute atomic E-state index is 0.646. The Morgan fingerprint density at radius 3 is 2.94 bits per heavy atom. The van der Waals surface area contributed by atoms with E-state index < -0.39 is 0 Å². The first-order chi connectivity index (χ1) is 7.66. The molecule has 16 heavy (non-hydrogen) atoms. The predicted octanol–water partition coefficient (Wildman–Crippen LogP) is 0.992. The summed E-state index contributed by atoms with van der Waals surface area (Å²) in [5.41, 5.74) is 0. The van der Waals surface area contributed by atoms with Gasteiger partial charge in [-0.25, -0.2) is 4.98 Å². The van der Waals surface area contributed by atoms with Gasteiger partial charge in [-0.15, -0.1) is 0 Å². The number of piperidine rings is 1. The van der Waals surface area contributed by atoms with Crippen molar-refractivity contribution in [2.24, 2.45) is 7.05 Å². The summed E-state index contributed by atoms with van der Waals surface area (Å²) in [5, 5.41) is 3.54. The third kappa shape index (κ3) is 2.62. The number of hydrogen-bond acceptors (Lipinski definition) is 3. The van der Waals surface area contributed by atoms with Crippen LogP contribution in [0.5, 0.6) is 0 Å². The number of likely N-dealkylation sites (N-methyl/N-ethyl adjacent to an activating group) is 1. The van der Waals surface area contributed by atoms with Crippen molar-refractivity contribution in [1.82, 2.24) is 19.8 Å². The number of imidazole rings is 1. The molecule has 1 fully saturated rings. The first kappa shape index (κ1) is 11.6. The third-order valence-corrected chi connectivity index (χ3v) is 3.57. The highest BCUT2D eigenvalue weighted by Crippen LogP contribution is 2.14. The molecule has 2 unspecified atom stereocenters. The summed E-state index contributed by atoms with van der Waals surface area (Å²) < 4.78 is 2.09. The lowest BCUT2D eigenvalue weighted by atomic mass is 10.0. The van der Waals surface area contributed by atoms with Gasteiger partial charge in [-0.3, -0.25) is 4.90 Å². The second-order valence-electron chi connectivity index (χ2n) is 4.91. The van der Waals surface area contributed by atoms with Gasteiger partial charge in [0.1, 0.15) is 5.82 Å². The number of hydrogen-bond donors (Lipinski definition) is 1. The third-order valence-electron chi connectivity index (χ3n) is 3.57. The highest BCUT2D eigenvalue weighted by atomic mass is 15.2. The van der Waals surface area contributed by atoms with Crippen LogP contribution >= 0.6 is 0 Å². The van der Waals surface area contributed by atoms with Gasteiger partial charge in [-0.1, -0.05) is 0 Å². The molecule has 0 aromatic carbocycles. The number of nitrogens with zero attached hydrogens (tertiary/aromatic N) is 3. The van der Waals surface area contributed by atoms with E-state index in [-0.39, 0.29) is 0 Å². The van der Waals surface area contributed by atoms with Crippen molar-refractivity contribution >= 4 is 0 Å². The van der Waals surface area contributed by atoms with E-state index in [2.05, 4.69) is 40.8 Å². The fraction of sp³-hybridized carbons (Fsp3) is 0.750. The molecule has 2 atom stereocenters. The molecule has 0 aliphatic carbocycles. The van der Waals surface area contributed by atoms with Crippen molar-refractivity contribution in [1.29, 1.82) is 0 Å². The van der Waals surface area contributed by atoms with Crippen molar-refractivity contribution in [3.05, 3.63) is 18.2 Å². The molecule has 2 heterocycles. The monoisotopic (exact) mass is 222 g/mol. The van der Waals surface area contributed by atoms with Crippen molar-refractivity contribution in [3.8, 4) is 0 Å². The van der Waals surface area contributed by atoms with Gasteiger partial charge in [-0.05, 0) is 26.8 Å². The van der Waals surface area contributed by atoms with Crippen LogP contribution in [0.4, 0.5) is 0 Å². The van der Waals surface area contributed by atoms with E-state index >= 15 is 0 Å². The van der Waals surface area contributed by atoms with Gasteiger partial charge in [0.15, 0.2) is 0 Å². The zero-order valence-corrected chi connectivity index (χ0v) is 10.5. The molecule has 2 rings (SSSR count). The average Bonchev–Trinajstić information content (AvgIpc) is 2.65. The van der Waals surface area contributed by atoms with E-state index in [9.17, 15) is 0 Å². The van der Waals surface area contributed by atoms with Crippen LogP contribution in [0, 0.1) is 0 Å². The lowest BCUT2D eigenvalue weighted by Crippen LogP contribution is -2.47. The highest BCUT2D eigenvalue weighted by molar-refractivity contribution is 4.92. The average molecular weight is 222 g/mol. The summed E-state index contributed by atoms with van der Waals surface area (Å²) in [6, 6.07) is 1.32. The molecule has 0 amide bonds. The molecule has 0 bridgehead atoms. The summed E-state index contributed by atoms with van der Waals surface area (Å²) in [5.74, 6) is 1.14. The topological polar surface area (TPSA) is 33.1 Å². The van der Waals surface area contributed by atoms with E-state index in [1.807, 2.05) is 12.4 Å². The van der Waals surface area contributed by atoms with Gasteiger partial charge >= 0.3 is 0 Å². The Hall–Kier alpha value is -0.870. The quantitative estimate of drug-likeness (QED) is 0.828. The standard InChI is InChI=1S/C12H22N4/c1-10-4-5-11(8-14-10)16(3)9-12-13-6-7-15(12)2/h6-7,10-11,14H,4-5,8-9H2,1-3H3. The fourth-order valence-electron chi connectivity index (χ4n) is 2.26. The smallest absolute Gasteiger partial charge is 0.122 e. The highest BCUT2D eigenvalue weighted by Gasteiger charge is 2.21. The summed E-state index contributed by atoms with van der Waals surface area (Å²) >= 11 is 0. The second-order valence-corrected chi connectivity index (χ2v) is 4.91. The maximum atomic E-state index is 4.37. The molecule has 1 N–H and O–H groups in total. The van der Waals surface area contributed by atoms with Crippen molar-refractivity contribution < 1.29 is 0 Å². The number of aryl methyl sites for hydroxylation is 1. The van der Waals surface area contributed by atoms with Crippen LogP contribution in [-0.2, 0) is 13.6 Å². The molecule has 1 aliphatic heterocycles. The molecule has 4 nitrogen and oxygen atoms in total. The Morgan fingerprint density at radius 2 is 2.38 bits per heavy atom. The lowest BCUT2D eigenvalue weighted by Gasteiger charge is -2.34. The Balaban J connectivity index is 1.88. The Morgan fingerprint density at radius 1 is 1.56 bits per heavy atom. The van der Waals surface area contributed by atoms with Gasteiger partial charge in [0.2, 0.25) is 0 Å². The predicted molar refractivity (Wildman–Crippen MR) is 65.2 cm³/mol. The van der Waals surface area contributed by atoms with Crippen LogP contribution in [0.15, 0.2) is 12.4 Å². The minimum atomic E-state index is 0.646. The fourth-order valence-corrected chi connectivity index (χ4v) is 2.26. The SMILES string of the molecule is CC1CCC(N(C)Cc2nccn2C)CN1. The summed E-state index contributed by atoms with van der Waals surface area (Å²) in [6.07, 6.45) is 6.43. The number of rotatable bonds is 3. The van der Waals surface area contributed by atoms with Crippen LogP contribution in [0.1, 0.15) is 25.6 Å². The van der Waals surface area contributed by atoms with Crippen LogP contribution in [0.2, 0.25) is 0 Å². The number of aromatic nitrogens is 2. The zero-order chi connectivity index (χ0) is 11.5. The molecular weight excluding hydrogens is 200 g/mol. The summed E-state index contributed by atoms with van der Waals surface area (Å²) in [6.45, 7) is 4.29. The van der Waals surface area contributed by atoms with Gasteiger partial charge in [0.25, 0.3) is 0 Å². The van der Waals surface area contributed by atoms with Crippen LogP contribution < -0.4 is 5.32 Å². The molecule has 1 aromatic heterocycles. The van der Waals surface area contributed by atoms with Gasteiger partial charge < -0.3 is 9.88 Å². The van der Waals surface area contributed by atoms with E-state index in [0.29, 0.717) is 12.1 Å². The Labute approximate surface area is 97.7 Å². The summed E-state index contributed by atoms with van der Waals surface area (Å²) in [4.78, 5) is 6.77. The molecule has 0 spiro atoms. The summed E-state index contributed by atoms with van der Waals surface area (Å²) in [7, 11) is 4.24. The van der Waals surface area contributed by atoms with Crippen LogP contribution in [-0.4, -0.2) is 40.1 Å². The van der Waals surface area contributed by atoms with Crippen molar-refractivity contribution in [3.63, 3.8) is 0 Å². The largest absolute Gasteiger partial charge is 0.337 e. The molecule has 4 heteroatoms. The molecular formula is C12H22N4. The van der Waals surface area contributed by atoms with E-state index in [1.165, 1.54) is 12.8 Å². The van der Waals surface area contributed by atoms with E-state index in [0.717, 1.165) is 18.9 Å². The molecule has 0 saturated carbocycles. The maximum Gasteiger partial charge on any atom is 0.122 e. The molecule has 1 saturated heterocycles. The molecule has 90 valence electrons. The van der Waals surface area contributed by atoms with Crippen molar-refractivity contribution in [2.45, 2.75) is 38.4 Å². The first-order valence-corrected chi connectivity index (χ1v) is 6.06. The van der Waals surface area contributed by atoms with Gasteiger partial charge in [0, 0.05) is 38.1 Å². The van der Waals surface area contributed by atoms with Crippen LogP contribution in [0.25, 0.3) is 0 Å². The van der Waals surface area contributed by atoms with E-state index in [1.54, 1.807) is 0 Å². The molecule has 0 radical (unpaired) electrons. The Bertz CT molecular complexity index is 326. The number of nitrogens with one attached hydrogen (secondary N) is 1. The van der Waals surface area contributed by atoms with Crippen LogP contribution in [0.3, 0.4) is 0 Å². The normalized spacial score (nSPS) is 26.2. The molecule has 1 aliphatic rings. The van der Waals surface area contributed by atoms with Gasteiger partial charge in [-0.2, -0.15) is 0 Å². The maximum absolute atomic E-state index is 4.37. The molecule has 1 aromatic rings.